The Hall–Kier alpha value is -3.88. The van der Waals surface area contributed by atoms with E-state index in [4.69, 9.17) is 14.2 Å². The molecule has 0 aliphatic carbocycles. The lowest BCUT2D eigenvalue weighted by molar-refractivity contribution is -0.119. The van der Waals surface area contributed by atoms with Gasteiger partial charge in [0.25, 0.3) is 10.0 Å². The number of rotatable bonds is 13. The molecule has 0 atom stereocenters. The van der Waals surface area contributed by atoms with Gasteiger partial charge >= 0.3 is 0 Å². The molecule has 3 aromatic rings. The van der Waals surface area contributed by atoms with E-state index in [0.717, 1.165) is 35.7 Å². The number of hydrogen-bond acceptors (Lipinski definition) is 8. The van der Waals surface area contributed by atoms with Crippen molar-refractivity contribution in [3.63, 3.8) is 0 Å². The molecule has 1 heterocycles. The van der Waals surface area contributed by atoms with Crippen molar-refractivity contribution in [3.05, 3.63) is 72.5 Å². The van der Waals surface area contributed by atoms with Crippen LogP contribution < -0.4 is 23.8 Å². The minimum absolute atomic E-state index is 0.0420. The van der Waals surface area contributed by atoms with Gasteiger partial charge in [-0.15, -0.1) is 0 Å². The second kappa shape index (κ2) is 14.1. The first-order valence-electron chi connectivity index (χ1n) is 13.6. The van der Waals surface area contributed by atoms with Crippen molar-refractivity contribution in [1.29, 1.82) is 0 Å². The number of carbonyl (C=O) groups excluding carboxylic acids is 1. The van der Waals surface area contributed by atoms with Crippen LogP contribution in [-0.2, 0) is 24.8 Å². The van der Waals surface area contributed by atoms with E-state index < -0.39 is 38.3 Å². The fourth-order valence-electron chi connectivity index (χ4n) is 4.53. The van der Waals surface area contributed by atoms with Crippen LogP contribution in [0.3, 0.4) is 0 Å². The van der Waals surface area contributed by atoms with Gasteiger partial charge in [-0.1, -0.05) is 6.42 Å². The number of nitrogens with zero attached hydrogens (tertiary/aromatic N) is 2. The van der Waals surface area contributed by atoms with E-state index in [9.17, 15) is 26.0 Å². The van der Waals surface area contributed by atoms with Gasteiger partial charge in [-0.25, -0.2) is 21.2 Å². The van der Waals surface area contributed by atoms with Crippen molar-refractivity contribution in [2.45, 2.75) is 29.1 Å². The van der Waals surface area contributed by atoms with E-state index in [-0.39, 0.29) is 34.4 Å². The molecule has 1 fully saturated rings. The Labute approximate surface area is 251 Å². The molecule has 11 nitrogen and oxygen atoms in total. The smallest absolute Gasteiger partial charge is 0.264 e. The van der Waals surface area contributed by atoms with E-state index in [1.54, 1.807) is 12.1 Å². The van der Waals surface area contributed by atoms with Gasteiger partial charge in [-0.05, 0) is 73.5 Å². The van der Waals surface area contributed by atoms with Gasteiger partial charge in [-0.2, -0.15) is 4.31 Å². The lowest BCUT2D eigenvalue weighted by atomic mass is 10.2. The fourth-order valence-corrected chi connectivity index (χ4v) is 7.49. The Kier molecular flexibility index (Phi) is 10.5. The molecule has 0 bridgehead atoms. The summed E-state index contributed by atoms with van der Waals surface area (Å²) in [5.41, 5.74) is 0.0854. The van der Waals surface area contributed by atoms with Crippen LogP contribution in [0.4, 0.5) is 10.1 Å². The minimum atomic E-state index is -4.29. The van der Waals surface area contributed by atoms with Gasteiger partial charge in [0.1, 0.15) is 24.7 Å². The van der Waals surface area contributed by atoms with Crippen LogP contribution in [0.25, 0.3) is 0 Å². The van der Waals surface area contributed by atoms with Crippen LogP contribution in [0, 0.1) is 5.82 Å². The zero-order valence-electron chi connectivity index (χ0n) is 23.9. The summed E-state index contributed by atoms with van der Waals surface area (Å²) in [5, 5.41) is 2.62. The molecule has 0 spiro atoms. The third-order valence-corrected chi connectivity index (χ3v) is 10.5. The first-order chi connectivity index (χ1) is 20.6. The van der Waals surface area contributed by atoms with Gasteiger partial charge in [0.05, 0.1) is 36.2 Å². The van der Waals surface area contributed by atoms with Crippen molar-refractivity contribution in [1.82, 2.24) is 9.62 Å². The van der Waals surface area contributed by atoms with Gasteiger partial charge < -0.3 is 19.5 Å². The summed E-state index contributed by atoms with van der Waals surface area (Å²) in [6.45, 7) is 0.511. The molecule has 1 aliphatic heterocycles. The molecule has 3 aromatic carbocycles. The maximum Gasteiger partial charge on any atom is 0.264 e. The van der Waals surface area contributed by atoms with Gasteiger partial charge in [0, 0.05) is 19.2 Å². The number of ether oxygens (including phenoxy) is 3. The number of sulfonamides is 2. The van der Waals surface area contributed by atoms with E-state index in [1.165, 1.54) is 61.0 Å². The summed E-state index contributed by atoms with van der Waals surface area (Å²) in [5.74, 6) is -0.270. The number of nitrogens with one attached hydrogen (secondary N) is 1. The highest BCUT2D eigenvalue weighted by molar-refractivity contribution is 7.92. The second-order valence-electron chi connectivity index (χ2n) is 9.64. The topological polar surface area (TPSA) is 132 Å². The van der Waals surface area contributed by atoms with Crippen molar-refractivity contribution >= 4 is 31.6 Å². The predicted molar refractivity (Wildman–Crippen MR) is 158 cm³/mol. The second-order valence-corrected chi connectivity index (χ2v) is 13.4. The normalized spacial score (nSPS) is 14.1. The van der Waals surface area contributed by atoms with Crippen LogP contribution in [0.15, 0.2) is 76.5 Å². The Morgan fingerprint density at radius 1 is 0.860 bits per heavy atom. The van der Waals surface area contributed by atoms with Crippen molar-refractivity contribution in [2.75, 3.05) is 51.3 Å². The Morgan fingerprint density at radius 2 is 1.49 bits per heavy atom. The third-order valence-electron chi connectivity index (χ3n) is 6.81. The lowest BCUT2D eigenvalue weighted by Crippen LogP contribution is -2.42. The van der Waals surface area contributed by atoms with Crippen LogP contribution in [0.2, 0.25) is 0 Å². The number of methoxy groups -OCH3 is 2. The molecular weight excluding hydrogens is 601 g/mol. The number of amides is 1. The lowest BCUT2D eigenvalue weighted by Gasteiger charge is -2.25. The van der Waals surface area contributed by atoms with Crippen LogP contribution in [0.5, 0.6) is 17.2 Å². The summed E-state index contributed by atoms with van der Waals surface area (Å²) in [6, 6.07) is 14.8. The third kappa shape index (κ3) is 7.75. The molecule has 0 aromatic heterocycles. The first-order valence-corrected chi connectivity index (χ1v) is 16.4. The molecule has 1 saturated heterocycles. The minimum Gasteiger partial charge on any atom is -0.493 e. The molecule has 0 unspecified atom stereocenters. The largest absolute Gasteiger partial charge is 0.493 e. The predicted octanol–water partition coefficient (Wildman–Crippen LogP) is 3.41. The SMILES string of the molecule is COc1ccc(S(=O)(=O)N(CC(=O)NCCOc2ccc(S(=O)(=O)N3CCCCC3)cc2)c2ccc(F)cc2)cc1OC. The summed E-state index contributed by atoms with van der Waals surface area (Å²) < 4.78 is 84.9. The van der Waals surface area contributed by atoms with Crippen LogP contribution >= 0.6 is 0 Å². The Bertz CT molecular complexity index is 1610. The molecule has 0 radical (unpaired) electrons. The molecular formula is C29H34FN3O8S2. The maximum atomic E-state index is 13.6. The number of carbonyl (C=O) groups is 1. The first kappa shape index (κ1) is 32.0. The van der Waals surface area contributed by atoms with Crippen LogP contribution in [0.1, 0.15) is 19.3 Å². The van der Waals surface area contributed by atoms with Crippen molar-refractivity contribution in [3.8, 4) is 17.2 Å². The average Bonchev–Trinajstić information content (AvgIpc) is 3.02. The maximum absolute atomic E-state index is 13.6. The summed E-state index contributed by atoms with van der Waals surface area (Å²) in [7, 11) is -5.06. The molecule has 1 N–H and O–H groups in total. The van der Waals surface area contributed by atoms with Gasteiger partial charge in [-0.3, -0.25) is 9.10 Å². The highest BCUT2D eigenvalue weighted by Gasteiger charge is 2.29. The highest BCUT2D eigenvalue weighted by atomic mass is 32.2. The summed E-state index contributed by atoms with van der Waals surface area (Å²) >= 11 is 0. The van der Waals surface area contributed by atoms with E-state index in [2.05, 4.69) is 5.32 Å². The molecule has 1 amide bonds. The Balaban J connectivity index is 1.39. The monoisotopic (exact) mass is 635 g/mol. The summed E-state index contributed by atoms with van der Waals surface area (Å²) in [4.78, 5) is 12.9. The molecule has 4 rings (SSSR count). The van der Waals surface area contributed by atoms with E-state index in [0.29, 0.717) is 24.6 Å². The van der Waals surface area contributed by atoms with E-state index in [1.807, 2.05) is 0 Å². The number of piperidine rings is 1. The average molecular weight is 636 g/mol. The Morgan fingerprint density at radius 3 is 2.12 bits per heavy atom. The molecule has 0 saturated carbocycles. The number of anilines is 1. The number of halogens is 1. The number of hydrogen-bond donors (Lipinski definition) is 1. The van der Waals surface area contributed by atoms with Gasteiger partial charge in [0.15, 0.2) is 11.5 Å². The van der Waals surface area contributed by atoms with Crippen LogP contribution in [-0.4, -0.2) is 74.1 Å². The molecule has 232 valence electrons. The summed E-state index contributed by atoms with van der Waals surface area (Å²) in [6.07, 6.45) is 2.71. The fraction of sp³-hybridized carbons (Fsp3) is 0.345. The molecule has 43 heavy (non-hydrogen) atoms. The number of benzene rings is 3. The van der Waals surface area contributed by atoms with Gasteiger partial charge in [0.2, 0.25) is 15.9 Å². The van der Waals surface area contributed by atoms with E-state index >= 15 is 0 Å². The zero-order chi connectivity index (χ0) is 31.0. The zero-order valence-corrected chi connectivity index (χ0v) is 25.5. The quantitative estimate of drug-likeness (QED) is 0.283. The van der Waals surface area contributed by atoms with Crippen molar-refractivity contribution < 1.29 is 40.2 Å². The standard InChI is InChI=1S/C29H34FN3O8S2/c1-39-27-15-14-26(20-28(27)40-2)43(37,38)33(23-8-6-22(30)7-9-23)21-29(34)31-16-19-41-24-10-12-25(13-11-24)42(35,36)32-17-4-3-5-18-32/h6-15,20H,3-5,16-19,21H2,1-2H3,(H,31,34). The molecule has 14 heteroatoms. The van der Waals surface area contributed by atoms with Crippen molar-refractivity contribution in [2.24, 2.45) is 0 Å². The molecule has 1 aliphatic rings. The highest BCUT2D eigenvalue weighted by Crippen LogP contribution is 2.32.